The predicted octanol–water partition coefficient (Wildman–Crippen LogP) is 0.0527. The van der Waals surface area contributed by atoms with Gasteiger partial charge in [-0.2, -0.15) is 0 Å². The second-order valence-corrected chi connectivity index (χ2v) is 7.75. The van der Waals surface area contributed by atoms with Gasteiger partial charge in [0, 0.05) is 26.2 Å². The summed E-state index contributed by atoms with van der Waals surface area (Å²) in [4.78, 5) is 26.0. The Kier molecular flexibility index (Phi) is 6.38. The molecule has 2 rings (SSSR count). The lowest BCUT2D eigenvalue weighted by molar-refractivity contribution is -0.134. The molecule has 0 aliphatic carbocycles. The molecule has 0 atom stereocenters. The summed E-state index contributed by atoms with van der Waals surface area (Å²) in [6, 6.07) is 6.03. The Morgan fingerprint density at radius 3 is 2.32 bits per heavy atom. The van der Waals surface area contributed by atoms with E-state index in [1.807, 2.05) is 13.8 Å². The molecule has 0 radical (unpaired) electrons. The number of hydrogen-bond acceptors (Lipinski definition) is 5. The Labute approximate surface area is 147 Å². The van der Waals surface area contributed by atoms with Gasteiger partial charge < -0.3 is 14.5 Å². The van der Waals surface area contributed by atoms with Gasteiger partial charge in [0.15, 0.2) is 0 Å². The maximum Gasteiger partial charge on any atom is 0.241 e. The highest BCUT2D eigenvalue weighted by atomic mass is 32.2. The molecule has 1 heterocycles. The van der Waals surface area contributed by atoms with Gasteiger partial charge in [-0.3, -0.25) is 9.59 Å². The monoisotopic (exact) mass is 369 g/mol. The molecule has 1 aliphatic heterocycles. The molecule has 138 valence electrons. The SMILES string of the molecule is CC(C)Oc1ccc(S(=O)(=O)NCC(=O)N2CCN(C=O)CC2)cc1. The average Bonchev–Trinajstić information content (AvgIpc) is 2.60. The van der Waals surface area contributed by atoms with Crippen LogP contribution in [0.2, 0.25) is 0 Å². The molecule has 1 fully saturated rings. The van der Waals surface area contributed by atoms with Crippen molar-refractivity contribution >= 4 is 22.3 Å². The zero-order valence-electron chi connectivity index (χ0n) is 14.3. The number of benzene rings is 1. The number of hydrogen-bond donors (Lipinski definition) is 1. The van der Waals surface area contributed by atoms with E-state index < -0.39 is 10.0 Å². The Morgan fingerprint density at radius 2 is 1.80 bits per heavy atom. The molecule has 1 aromatic rings. The molecular weight excluding hydrogens is 346 g/mol. The van der Waals surface area contributed by atoms with Crippen molar-refractivity contribution in [2.24, 2.45) is 0 Å². The second-order valence-electron chi connectivity index (χ2n) is 5.98. The first-order chi connectivity index (χ1) is 11.8. The van der Waals surface area contributed by atoms with Gasteiger partial charge in [0.25, 0.3) is 0 Å². The minimum absolute atomic E-state index is 0.00196. The Bertz CT molecular complexity index is 695. The first-order valence-corrected chi connectivity index (χ1v) is 9.53. The van der Waals surface area contributed by atoms with Gasteiger partial charge in [-0.1, -0.05) is 0 Å². The number of ether oxygens (including phenoxy) is 1. The van der Waals surface area contributed by atoms with Crippen LogP contribution >= 0.6 is 0 Å². The summed E-state index contributed by atoms with van der Waals surface area (Å²) in [6.07, 6.45) is 0.745. The van der Waals surface area contributed by atoms with Gasteiger partial charge in [-0.25, -0.2) is 13.1 Å². The lowest BCUT2D eigenvalue weighted by atomic mass is 10.3. The van der Waals surface area contributed by atoms with E-state index in [-0.39, 0.29) is 23.5 Å². The van der Waals surface area contributed by atoms with Crippen molar-refractivity contribution in [2.45, 2.75) is 24.8 Å². The topological polar surface area (TPSA) is 96.0 Å². The number of rotatable bonds is 7. The van der Waals surface area contributed by atoms with Gasteiger partial charge >= 0.3 is 0 Å². The minimum atomic E-state index is -3.77. The van der Waals surface area contributed by atoms with E-state index in [1.54, 1.807) is 21.9 Å². The third-order valence-corrected chi connectivity index (χ3v) is 5.15. The van der Waals surface area contributed by atoms with E-state index in [0.717, 1.165) is 6.41 Å². The molecule has 25 heavy (non-hydrogen) atoms. The number of carbonyl (C=O) groups is 2. The van der Waals surface area contributed by atoms with Crippen molar-refractivity contribution in [3.63, 3.8) is 0 Å². The number of amides is 2. The molecule has 9 heteroatoms. The van der Waals surface area contributed by atoms with Crippen LogP contribution in [0.5, 0.6) is 5.75 Å². The van der Waals surface area contributed by atoms with Crippen molar-refractivity contribution in [1.29, 1.82) is 0 Å². The average molecular weight is 369 g/mol. The number of nitrogens with one attached hydrogen (secondary N) is 1. The Balaban J connectivity index is 1.90. The van der Waals surface area contributed by atoms with Crippen LogP contribution < -0.4 is 9.46 Å². The van der Waals surface area contributed by atoms with Gasteiger partial charge in [-0.05, 0) is 38.1 Å². The summed E-state index contributed by atoms with van der Waals surface area (Å²) < 4.78 is 32.3. The molecule has 1 saturated heterocycles. The zero-order valence-corrected chi connectivity index (χ0v) is 15.2. The molecule has 0 bridgehead atoms. The maximum atomic E-state index is 12.3. The standard InChI is InChI=1S/C16H23N3O5S/c1-13(2)24-14-3-5-15(6-4-14)25(22,23)17-11-16(21)19-9-7-18(12-20)8-10-19/h3-6,12-13,17H,7-11H2,1-2H3. The van der Waals surface area contributed by atoms with Crippen LogP contribution in [0.15, 0.2) is 29.2 Å². The highest BCUT2D eigenvalue weighted by Gasteiger charge is 2.22. The van der Waals surface area contributed by atoms with Crippen molar-refractivity contribution in [1.82, 2.24) is 14.5 Å². The van der Waals surface area contributed by atoms with Crippen LogP contribution in [0.25, 0.3) is 0 Å². The summed E-state index contributed by atoms with van der Waals surface area (Å²) in [5.74, 6) is 0.270. The molecule has 1 N–H and O–H groups in total. The van der Waals surface area contributed by atoms with Crippen molar-refractivity contribution in [3.05, 3.63) is 24.3 Å². The Hall–Kier alpha value is -2.13. The van der Waals surface area contributed by atoms with E-state index in [2.05, 4.69) is 4.72 Å². The summed E-state index contributed by atoms with van der Waals surface area (Å²) in [6.45, 7) is 5.17. The van der Waals surface area contributed by atoms with Gasteiger partial charge in [0.2, 0.25) is 22.3 Å². The van der Waals surface area contributed by atoms with Crippen LogP contribution in [0.4, 0.5) is 0 Å². The van der Waals surface area contributed by atoms with Gasteiger partial charge in [-0.15, -0.1) is 0 Å². The van der Waals surface area contributed by atoms with Crippen LogP contribution in [0, 0.1) is 0 Å². The molecule has 1 aromatic carbocycles. The maximum absolute atomic E-state index is 12.3. The first-order valence-electron chi connectivity index (χ1n) is 8.05. The summed E-state index contributed by atoms with van der Waals surface area (Å²) >= 11 is 0. The lowest BCUT2D eigenvalue weighted by Crippen LogP contribution is -2.50. The number of nitrogens with zero attached hydrogens (tertiary/aromatic N) is 2. The molecular formula is C16H23N3O5S. The smallest absolute Gasteiger partial charge is 0.241 e. The molecule has 0 saturated carbocycles. The van der Waals surface area contributed by atoms with E-state index in [9.17, 15) is 18.0 Å². The number of piperazine rings is 1. The van der Waals surface area contributed by atoms with Gasteiger partial charge in [0.1, 0.15) is 5.75 Å². The molecule has 0 aromatic heterocycles. The number of sulfonamides is 1. The molecule has 0 spiro atoms. The molecule has 1 aliphatic rings. The second kappa shape index (κ2) is 8.30. The largest absolute Gasteiger partial charge is 0.491 e. The predicted molar refractivity (Wildman–Crippen MR) is 91.6 cm³/mol. The van der Waals surface area contributed by atoms with E-state index >= 15 is 0 Å². The lowest BCUT2D eigenvalue weighted by Gasteiger charge is -2.32. The number of carbonyl (C=O) groups excluding carboxylic acids is 2. The minimum Gasteiger partial charge on any atom is -0.491 e. The van der Waals surface area contributed by atoms with E-state index in [1.165, 1.54) is 12.1 Å². The highest BCUT2D eigenvalue weighted by Crippen LogP contribution is 2.17. The molecule has 0 unspecified atom stereocenters. The van der Waals surface area contributed by atoms with Crippen LogP contribution in [0.1, 0.15) is 13.8 Å². The highest BCUT2D eigenvalue weighted by molar-refractivity contribution is 7.89. The van der Waals surface area contributed by atoms with Gasteiger partial charge in [0.05, 0.1) is 17.5 Å². The third kappa shape index (κ3) is 5.43. The summed E-state index contributed by atoms with van der Waals surface area (Å²) in [5.41, 5.74) is 0. The normalized spacial score (nSPS) is 15.3. The zero-order chi connectivity index (χ0) is 18.4. The van der Waals surface area contributed by atoms with Crippen LogP contribution in [-0.4, -0.2) is 69.4 Å². The van der Waals surface area contributed by atoms with Crippen molar-refractivity contribution in [2.75, 3.05) is 32.7 Å². The third-order valence-electron chi connectivity index (χ3n) is 3.74. The first kappa shape index (κ1) is 19.2. The fraction of sp³-hybridized carbons (Fsp3) is 0.500. The fourth-order valence-electron chi connectivity index (χ4n) is 2.40. The van der Waals surface area contributed by atoms with Crippen molar-refractivity contribution in [3.8, 4) is 5.75 Å². The molecule has 8 nitrogen and oxygen atoms in total. The van der Waals surface area contributed by atoms with E-state index in [0.29, 0.717) is 31.9 Å². The molecule has 2 amide bonds. The van der Waals surface area contributed by atoms with E-state index in [4.69, 9.17) is 4.74 Å². The quantitative estimate of drug-likeness (QED) is 0.686. The van der Waals surface area contributed by atoms with Crippen LogP contribution in [-0.2, 0) is 19.6 Å². The fourth-order valence-corrected chi connectivity index (χ4v) is 3.37. The van der Waals surface area contributed by atoms with Crippen molar-refractivity contribution < 1.29 is 22.7 Å². The Morgan fingerprint density at radius 1 is 1.20 bits per heavy atom. The summed E-state index contributed by atoms with van der Waals surface area (Å²) in [5, 5.41) is 0. The summed E-state index contributed by atoms with van der Waals surface area (Å²) in [7, 11) is -3.77. The van der Waals surface area contributed by atoms with Crippen LogP contribution in [0.3, 0.4) is 0 Å².